The Hall–Kier alpha value is -3.21. The molecule has 0 aromatic heterocycles. The van der Waals surface area contributed by atoms with Gasteiger partial charge in [-0.1, -0.05) is 127 Å². The van der Waals surface area contributed by atoms with Crippen LogP contribution in [0.4, 0.5) is 5.69 Å². The molecular weight excluding hydrogens is 496 g/mol. The van der Waals surface area contributed by atoms with Crippen LogP contribution in [-0.2, 0) is 6.42 Å². The summed E-state index contributed by atoms with van der Waals surface area (Å²) in [5, 5.41) is 15.3. The predicted molar refractivity (Wildman–Crippen MR) is 168 cm³/mol. The van der Waals surface area contributed by atoms with Gasteiger partial charge in [-0.25, -0.2) is 0 Å². The first-order valence-corrected chi connectivity index (χ1v) is 15.6. The molecule has 0 saturated heterocycles. The number of amides is 1. The van der Waals surface area contributed by atoms with Gasteiger partial charge in [-0.15, -0.1) is 0 Å². The number of nitrogen functional groups attached to an aromatic ring is 1. The third kappa shape index (κ3) is 10.7. The number of carbonyl (C=O) groups excluding carboxylic acids is 1. The molecule has 3 aromatic rings. The molecule has 0 aliphatic carbocycles. The van der Waals surface area contributed by atoms with Crippen molar-refractivity contribution in [3.63, 3.8) is 0 Å². The molecule has 0 bridgehead atoms. The number of nitrogens with one attached hydrogen (secondary N) is 1. The summed E-state index contributed by atoms with van der Waals surface area (Å²) in [6.45, 7) is 3.33. The number of hydrogen-bond donors (Lipinski definition) is 3. The minimum atomic E-state index is -0.263. The summed E-state index contributed by atoms with van der Waals surface area (Å²) in [6.07, 6.45) is 19.0. The van der Waals surface area contributed by atoms with Gasteiger partial charge in [0.05, 0.1) is 12.2 Å². The minimum Gasteiger partial charge on any atom is -0.506 e. The molecule has 0 heterocycles. The van der Waals surface area contributed by atoms with Gasteiger partial charge >= 0.3 is 0 Å². The SMILES string of the molecule is CCCCCCCCCCCCCCCCNC(=O)c1cc(OCCc2ccc(N)cc2)c2ccccc2c1O. The number of phenolic OH excluding ortho intramolecular Hbond substituents is 1. The number of phenols is 1. The van der Waals surface area contributed by atoms with Crippen LogP contribution in [0.15, 0.2) is 54.6 Å². The van der Waals surface area contributed by atoms with Crippen LogP contribution in [0.1, 0.15) is 113 Å². The van der Waals surface area contributed by atoms with Crippen LogP contribution >= 0.6 is 0 Å². The minimum absolute atomic E-state index is 0.0000519. The number of hydrogen-bond acceptors (Lipinski definition) is 4. The summed E-state index contributed by atoms with van der Waals surface area (Å²) in [6, 6.07) is 16.9. The van der Waals surface area contributed by atoms with Crippen LogP contribution in [0.3, 0.4) is 0 Å². The molecule has 5 heteroatoms. The van der Waals surface area contributed by atoms with Crippen LogP contribution in [0, 0.1) is 0 Å². The number of benzene rings is 3. The summed E-state index contributed by atoms with van der Waals surface area (Å²) in [5.74, 6) is 0.340. The summed E-state index contributed by atoms with van der Waals surface area (Å²) in [7, 11) is 0. The lowest BCUT2D eigenvalue weighted by atomic mass is 10.0. The molecule has 0 spiro atoms. The molecule has 0 atom stereocenters. The van der Waals surface area contributed by atoms with Crippen LogP contribution in [0.5, 0.6) is 11.5 Å². The molecule has 40 heavy (non-hydrogen) atoms. The molecule has 3 rings (SSSR count). The van der Waals surface area contributed by atoms with E-state index in [0.717, 1.165) is 35.9 Å². The molecular formula is C35H50N2O3. The Bertz CT molecular complexity index is 1140. The molecule has 4 N–H and O–H groups in total. The van der Waals surface area contributed by atoms with Gasteiger partial charge in [0, 0.05) is 29.4 Å². The normalized spacial score (nSPS) is 11.1. The van der Waals surface area contributed by atoms with Crippen molar-refractivity contribution < 1.29 is 14.6 Å². The Kier molecular flexibility index (Phi) is 14.2. The summed E-state index contributed by atoms with van der Waals surface area (Å²) in [5.41, 5.74) is 7.90. The first-order valence-electron chi connectivity index (χ1n) is 15.6. The van der Waals surface area contributed by atoms with E-state index in [-0.39, 0.29) is 17.2 Å². The van der Waals surface area contributed by atoms with E-state index in [9.17, 15) is 9.90 Å². The Morgan fingerprint density at radius 3 is 1.93 bits per heavy atom. The second kappa shape index (κ2) is 18.2. The highest BCUT2D eigenvalue weighted by molar-refractivity contribution is 6.05. The topological polar surface area (TPSA) is 84.6 Å². The van der Waals surface area contributed by atoms with E-state index in [4.69, 9.17) is 10.5 Å². The number of unbranched alkanes of at least 4 members (excludes halogenated alkanes) is 13. The fourth-order valence-corrected chi connectivity index (χ4v) is 5.20. The van der Waals surface area contributed by atoms with Gasteiger partial charge in [-0.05, 0) is 30.2 Å². The average molecular weight is 547 g/mol. The first kappa shape index (κ1) is 31.3. The van der Waals surface area contributed by atoms with E-state index in [0.29, 0.717) is 24.3 Å². The quantitative estimate of drug-likeness (QED) is 0.0975. The highest BCUT2D eigenvalue weighted by Gasteiger charge is 2.17. The summed E-state index contributed by atoms with van der Waals surface area (Å²) < 4.78 is 6.11. The molecule has 0 saturated carbocycles. The molecule has 5 nitrogen and oxygen atoms in total. The van der Waals surface area contributed by atoms with Crippen LogP contribution in [0.25, 0.3) is 10.8 Å². The standard InChI is InChI=1S/C35H50N2O3/c1-2-3-4-5-6-7-8-9-10-11-12-13-14-17-25-37-35(39)32-27-33(30-18-15-16-19-31(30)34(32)38)40-26-24-28-20-22-29(36)23-21-28/h15-16,18-23,27,38H,2-14,17,24-26,36H2,1H3,(H,37,39). The van der Waals surface area contributed by atoms with E-state index < -0.39 is 0 Å². The Morgan fingerprint density at radius 2 is 1.32 bits per heavy atom. The predicted octanol–water partition coefficient (Wildman–Crippen LogP) is 8.96. The number of ether oxygens (including phenoxy) is 1. The number of aromatic hydroxyl groups is 1. The van der Waals surface area contributed by atoms with Crippen molar-refractivity contribution in [2.45, 2.75) is 103 Å². The maximum absolute atomic E-state index is 13.0. The zero-order valence-electron chi connectivity index (χ0n) is 24.6. The highest BCUT2D eigenvalue weighted by atomic mass is 16.5. The molecule has 218 valence electrons. The molecule has 0 radical (unpaired) electrons. The lowest BCUT2D eigenvalue weighted by molar-refractivity contribution is 0.0950. The second-order valence-corrected chi connectivity index (χ2v) is 11.0. The number of anilines is 1. The van der Waals surface area contributed by atoms with Crippen molar-refractivity contribution in [3.8, 4) is 11.5 Å². The molecule has 0 fully saturated rings. The fourth-order valence-electron chi connectivity index (χ4n) is 5.20. The Labute approximate surface area is 241 Å². The summed E-state index contributed by atoms with van der Waals surface area (Å²) in [4.78, 5) is 13.0. The van der Waals surface area contributed by atoms with Crippen molar-refractivity contribution >= 4 is 22.4 Å². The molecule has 3 aromatic carbocycles. The molecule has 1 amide bonds. The van der Waals surface area contributed by atoms with Crippen molar-refractivity contribution in [2.75, 3.05) is 18.9 Å². The first-order chi connectivity index (χ1) is 19.6. The number of fused-ring (bicyclic) bond motifs is 1. The smallest absolute Gasteiger partial charge is 0.255 e. The van der Waals surface area contributed by atoms with Gasteiger partial charge in [0.1, 0.15) is 11.5 Å². The molecule has 0 aliphatic heterocycles. The van der Waals surface area contributed by atoms with Crippen LogP contribution in [-0.4, -0.2) is 24.2 Å². The van der Waals surface area contributed by atoms with Gasteiger partial charge in [-0.3, -0.25) is 4.79 Å². The number of carbonyl (C=O) groups is 1. The largest absolute Gasteiger partial charge is 0.506 e. The van der Waals surface area contributed by atoms with E-state index in [2.05, 4.69) is 12.2 Å². The van der Waals surface area contributed by atoms with Crippen molar-refractivity contribution in [3.05, 3.63) is 65.7 Å². The number of nitrogens with two attached hydrogens (primary N) is 1. The number of rotatable bonds is 20. The zero-order valence-corrected chi connectivity index (χ0v) is 24.6. The fraction of sp³-hybridized carbons (Fsp3) is 0.514. The van der Waals surface area contributed by atoms with Crippen molar-refractivity contribution in [2.24, 2.45) is 0 Å². The third-order valence-electron chi connectivity index (χ3n) is 7.67. The average Bonchev–Trinajstić information content (AvgIpc) is 2.97. The zero-order chi connectivity index (χ0) is 28.4. The van der Waals surface area contributed by atoms with Crippen LogP contribution < -0.4 is 15.8 Å². The monoisotopic (exact) mass is 546 g/mol. The Morgan fingerprint density at radius 1 is 0.775 bits per heavy atom. The third-order valence-corrected chi connectivity index (χ3v) is 7.67. The van der Waals surface area contributed by atoms with Crippen molar-refractivity contribution in [1.29, 1.82) is 0 Å². The second-order valence-electron chi connectivity index (χ2n) is 11.0. The van der Waals surface area contributed by atoms with Crippen LogP contribution in [0.2, 0.25) is 0 Å². The van der Waals surface area contributed by atoms with Gasteiger partial charge < -0.3 is 20.9 Å². The van der Waals surface area contributed by atoms with Gasteiger partial charge in [-0.2, -0.15) is 0 Å². The lowest BCUT2D eigenvalue weighted by Gasteiger charge is -2.14. The van der Waals surface area contributed by atoms with E-state index >= 15 is 0 Å². The maximum atomic E-state index is 13.0. The summed E-state index contributed by atoms with van der Waals surface area (Å²) >= 11 is 0. The van der Waals surface area contributed by atoms with E-state index in [1.165, 1.54) is 77.0 Å². The van der Waals surface area contributed by atoms with Crippen molar-refractivity contribution in [1.82, 2.24) is 5.32 Å². The van der Waals surface area contributed by atoms with E-state index in [1.54, 1.807) is 6.07 Å². The lowest BCUT2D eigenvalue weighted by Crippen LogP contribution is -2.24. The van der Waals surface area contributed by atoms with Gasteiger partial charge in [0.25, 0.3) is 5.91 Å². The van der Waals surface area contributed by atoms with E-state index in [1.807, 2.05) is 48.5 Å². The highest BCUT2D eigenvalue weighted by Crippen LogP contribution is 2.36. The maximum Gasteiger partial charge on any atom is 0.255 e. The molecule has 0 aliphatic rings. The Balaban J connectivity index is 1.37. The van der Waals surface area contributed by atoms with Gasteiger partial charge in [0.2, 0.25) is 0 Å². The van der Waals surface area contributed by atoms with Gasteiger partial charge in [0.15, 0.2) is 0 Å². The molecule has 0 unspecified atom stereocenters.